The minimum atomic E-state index is -0.306. The number of anilines is 2. The second-order valence-electron chi connectivity index (χ2n) is 5.10. The van der Waals surface area contributed by atoms with Crippen LogP contribution in [0.15, 0.2) is 67.0 Å². The van der Waals surface area contributed by atoms with Crippen molar-refractivity contribution in [3.8, 4) is 0 Å². The molecule has 0 aliphatic rings. The van der Waals surface area contributed by atoms with E-state index in [1.54, 1.807) is 12.1 Å². The van der Waals surface area contributed by atoms with Crippen molar-refractivity contribution in [2.24, 2.45) is 0 Å². The highest BCUT2D eigenvalue weighted by Gasteiger charge is 2.07. The lowest BCUT2D eigenvalue weighted by molar-refractivity contribution is 0.0950. The van der Waals surface area contributed by atoms with Gasteiger partial charge >= 0.3 is 0 Å². The van der Waals surface area contributed by atoms with Gasteiger partial charge in [-0.2, -0.15) is 0 Å². The lowest BCUT2D eigenvalue weighted by Gasteiger charge is -2.07. The van der Waals surface area contributed by atoms with Crippen LogP contribution in [-0.2, 0) is 6.54 Å². The Morgan fingerprint density at radius 1 is 0.958 bits per heavy atom. The SMILES string of the molecule is O=C(NCc1ccc(F)cc1)c1cnc(Nc2ccccc2)nc1. The van der Waals surface area contributed by atoms with Gasteiger partial charge in [0.1, 0.15) is 5.82 Å². The fourth-order valence-corrected chi connectivity index (χ4v) is 2.05. The Bertz CT molecular complexity index is 805. The zero-order chi connectivity index (χ0) is 16.8. The van der Waals surface area contributed by atoms with Crippen LogP contribution >= 0.6 is 0 Å². The van der Waals surface area contributed by atoms with Crippen molar-refractivity contribution >= 4 is 17.5 Å². The molecule has 3 rings (SSSR count). The lowest BCUT2D eigenvalue weighted by Crippen LogP contribution is -2.23. The summed E-state index contributed by atoms with van der Waals surface area (Å²) in [5.41, 5.74) is 2.04. The van der Waals surface area contributed by atoms with E-state index in [1.165, 1.54) is 24.5 Å². The highest BCUT2D eigenvalue weighted by Crippen LogP contribution is 2.11. The van der Waals surface area contributed by atoms with Crippen LogP contribution in [0.4, 0.5) is 16.0 Å². The fraction of sp³-hybridized carbons (Fsp3) is 0.0556. The van der Waals surface area contributed by atoms with Gasteiger partial charge in [0, 0.05) is 24.6 Å². The van der Waals surface area contributed by atoms with Gasteiger partial charge in [0.15, 0.2) is 0 Å². The molecule has 120 valence electrons. The van der Waals surface area contributed by atoms with Crippen LogP contribution < -0.4 is 10.6 Å². The summed E-state index contributed by atoms with van der Waals surface area (Å²) < 4.78 is 12.8. The van der Waals surface area contributed by atoms with Crippen LogP contribution in [0.25, 0.3) is 0 Å². The molecule has 1 amide bonds. The average molecular weight is 322 g/mol. The van der Waals surface area contributed by atoms with Crippen LogP contribution in [0.2, 0.25) is 0 Å². The van der Waals surface area contributed by atoms with E-state index in [1.807, 2.05) is 30.3 Å². The number of nitrogens with one attached hydrogen (secondary N) is 2. The molecule has 0 aliphatic carbocycles. The van der Waals surface area contributed by atoms with Crippen molar-refractivity contribution in [2.45, 2.75) is 6.54 Å². The number of carbonyl (C=O) groups excluding carboxylic acids is 1. The van der Waals surface area contributed by atoms with E-state index in [0.29, 0.717) is 18.1 Å². The number of rotatable bonds is 5. The molecule has 6 heteroatoms. The normalized spacial score (nSPS) is 10.2. The minimum absolute atomic E-state index is 0.286. The molecule has 2 N–H and O–H groups in total. The monoisotopic (exact) mass is 322 g/mol. The van der Waals surface area contributed by atoms with Gasteiger partial charge in [0.25, 0.3) is 5.91 Å². The Morgan fingerprint density at radius 2 is 1.62 bits per heavy atom. The maximum absolute atomic E-state index is 12.8. The topological polar surface area (TPSA) is 66.9 Å². The summed E-state index contributed by atoms with van der Waals surface area (Å²) in [6.45, 7) is 0.309. The maximum atomic E-state index is 12.8. The van der Waals surface area contributed by atoms with Gasteiger partial charge in [-0.15, -0.1) is 0 Å². The molecule has 0 spiro atoms. The van der Waals surface area contributed by atoms with E-state index in [4.69, 9.17) is 0 Å². The Hall–Kier alpha value is -3.28. The zero-order valence-electron chi connectivity index (χ0n) is 12.7. The first kappa shape index (κ1) is 15.6. The van der Waals surface area contributed by atoms with Gasteiger partial charge in [0.05, 0.1) is 5.56 Å². The summed E-state index contributed by atoms with van der Waals surface area (Å²) in [6.07, 6.45) is 2.91. The summed E-state index contributed by atoms with van der Waals surface area (Å²) in [4.78, 5) is 20.3. The number of hydrogen-bond acceptors (Lipinski definition) is 4. The van der Waals surface area contributed by atoms with E-state index in [-0.39, 0.29) is 11.7 Å². The van der Waals surface area contributed by atoms with Gasteiger partial charge < -0.3 is 10.6 Å². The number of amides is 1. The van der Waals surface area contributed by atoms with Crippen molar-refractivity contribution in [3.63, 3.8) is 0 Å². The summed E-state index contributed by atoms with van der Waals surface area (Å²) in [5, 5.41) is 5.79. The molecule has 0 saturated heterocycles. The molecule has 0 saturated carbocycles. The van der Waals surface area contributed by atoms with Gasteiger partial charge in [-0.05, 0) is 29.8 Å². The second-order valence-corrected chi connectivity index (χ2v) is 5.10. The lowest BCUT2D eigenvalue weighted by atomic mass is 10.2. The van der Waals surface area contributed by atoms with Gasteiger partial charge in [-0.25, -0.2) is 14.4 Å². The first-order valence-electron chi connectivity index (χ1n) is 7.37. The van der Waals surface area contributed by atoms with E-state index in [2.05, 4.69) is 20.6 Å². The number of para-hydroxylation sites is 1. The number of aromatic nitrogens is 2. The Labute approximate surface area is 138 Å². The van der Waals surface area contributed by atoms with Crippen molar-refractivity contribution in [1.82, 2.24) is 15.3 Å². The molecule has 0 fully saturated rings. The highest BCUT2D eigenvalue weighted by atomic mass is 19.1. The van der Waals surface area contributed by atoms with Crippen LogP contribution in [0.5, 0.6) is 0 Å². The molecule has 3 aromatic rings. The van der Waals surface area contributed by atoms with Gasteiger partial charge in [0.2, 0.25) is 5.95 Å². The second kappa shape index (κ2) is 7.32. The molecule has 1 heterocycles. The van der Waals surface area contributed by atoms with Crippen LogP contribution in [0.3, 0.4) is 0 Å². The first-order valence-corrected chi connectivity index (χ1v) is 7.37. The predicted octanol–water partition coefficient (Wildman–Crippen LogP) is 3.29. The van der Waals surface area contributed by atoms with Crippen molar-refractivity contribution in [2.75, 3.05) is 5.32 Å². The van der Waals surface area contributed by atoms with Crippen molar-refractivity contribution in [1.29, 1.82) is 0 Å². The molecular formula is C18H15FN4O. The average Bonchev–Trinajstić information content (AvgIpc) is 2.62. The highest BCUT2D eigenvalue weighted by molar-refractivity contribution is 5.93. The first-order chi connectivity index (χ1) is 11.7. The van der Waals surface area contributed by atoms with Crippen LogP contribution in [0, 0.1) is 5.82 Å². The molecular weight excluding hydrogens is 307 g/mol. The minimum Gasteiger partial charge on any atom is -0.348 e. The van der Waals surface area contributed by atoms with Gasteiger partial charge in [-0.3, -0.25) is 4.79 Å². The Kier molecular flexibility index (Phi) is 4.76. The van der Waals surface area contributed by atoms with E-state index in [0.717, 1.165) is 11.3 Å². The number of hydrogen-bond donors (Lipinski definition) is 2. The largest absolute Gasteiger partial charge is 0.348 e. The molecule has 2 aromatic carbocycles. The number of carbonyl (C=O) groups is 1. The number of halogens is 1. The van der Waals surface area contributed by atoms with Gasteiger partial charge in [-0.1, -0.05) is 30.3 Å². The molecule has 1 aromatic heterocycles. The van der Waals surface area contributed by atoms with E-state index in [9.17, 15) is 9.18 Å². The smallest absolute Gasteiger partial charge is 0.254 e. The quantitative estimate of drug-likeness (QED) is 0.756. The molecule has 0 unspecified atom stereocenters. The van der Waals surface area contributed by atoms with Crippen molar-refractivity contribution in [3.05, 3.63) is 83.9 Å². The summed E-state index contributed by atoms with van der Waals surface area (Å²) >= 11 is 0. The molecule has 0 aliphatic heterocycles. The van der Waals surface area contributed by atoms with Crippen LogP contribution in [-0.4, -0.2) is 15.9 Å². The molecule has 0 radical (unpaired) electrons. The standard InChI is InChI=1S/C18H15FN4O/c19-15-8-6-13(7-9-15)10-20-17(24)14-11-21-18(22-12-14)23-16-4-2-1-3-5-16/h1-9,11-12H,10H2,(H,20,24)(H,21,22,23). The third-order valence-corrected chi connectivity index (χ3v) is 3.31. The number of nitrogens with zero attached hydrogens (tertiary/aromatic N) is 2. The van der Waals surface area contributed by atoms with E-state index >= 15 is 0 Å². The van der Waals surface area contributed by atoms with Crippen molar-refractivity contribution < 1.29 is 9.18 Å². The summed E-state index contributed by atoms with van der Waals surface area (Å²) in [6, 6.07) is 15.5. The maximum Gasteiger partial charge on any atom is 0.254 e. The van der Waals surface area contributed by atoms with Crippen LogP contribution in [0.1, 0.15) is 15.9 Å². The molecule has 0 atom stereocenters. The fourth-order valence-electron chi connectivity index (χ4n) is 2.05. The molecule has 24 heavy (non-hydrogen) atoms. The summed E-state index contributed by atoms with van der Waals surface area (Å²) in [5.74, 6) is -0.179. The summed E-state index contributed by atoms with van der Waals surface area (Å²) in [7, 11) is 0. The van der Waals surface area contributed by atoms with E-state index < -0.39 is 0 Å². The third kappa shape index (κ3) is 4.13. The Morgan fingerprint density at radius 3 is 2.29 bits per heavy atom. The predicted molar refractivity (Wildman–Crippen MR) is 89.3 cm³/mol. The third-order valence-electron chi connectivity index (χ3n) is 3.31. The zero-order valence-corrected chi connectivity index (χ0v) is 12.7. The number of benzene rings is 2. The molecule has 0 bridgehead atoms. The molecule has 5 nitrogen and oxygen atoms in total. The Balaban J connectivity index is 1.58.